The predicted octanol–water partition coefficient (Wildman–Crippen LogP) is 8.09. The predicted molar refractivity (Wildman–Crippen MR) is 128 cm³/mol. The van der Waals surface area contributed by atoms with Gasteiger partial charge in [0.2, 0.25) is 0 Å². The second-order valence-corrected chi connectivity index (χ2v) is 12.9. The maximum absolute atomic E-state index is 10.8. The Morgan fingerprint density at radius 3 is 2.30 bits per heavy atom. The van der Waals surface area contributed by atoms with Crippen LogP contribution in [-0.2, 0) is 0 Å². The highest BCUT2D eigenvalue weighted by atomic mass is 16.3. The SMILES string of the molecule is CC(C)=CCC[C@H](C)[C@@H]1CC[C@]2(C)C3=C(CC[C@H]12)[C@]1(C)CC[C@H](O)C(C)(C)[C@@H]1CC3. The van der Waals surface area contributed by atoms with Gasteiger partial charge in [0.05, 0.1) is 6.10 Å². The van der Waals surface area contributed by atoms with Gasteiger partial charge in [0, 0.05) is 0 Å². The van der Waals surface area contributed by atoms with Crippen LogP contribution in [0.25, 0.3) is 0 Å². The van der Waals surface area contributed by atoms with Gasteiger partial charge in [-0.05, 0) is 118 Å². The van der Waals surface area contributed by atoms with Gasteiger partial charge in [-0.2, -0.15) is 0 Å². The van der Waals surface area contributed by atoms with E-state index in [4.69, 9.17) is 0 Å². The number of fused-ring (bicyclic) bond motifs is 4. The van der Waals surface area contributed by atoms with E-state index in [1.165, 1.54) is 63.4 Å². The van der Waals surface area contributed by atoms with E-state index in [0.29, 0.717) is 16.7 Å². The summed E-state index contributed by atoms with van der Waals surface area (Å²) >= 11 is 0. The fourth-order valence-corrected chi connectivity index (χ4v) is 9.00. The van der Waals surface area contributed by atoms with Crippen LogP contribution < -0.4 is 0 Å². The van der Waals surface area contributed by atoms with Crippen LogP contribution >= 0.6 is 0 Å². The minimum Gasteiger partial charge on any atom is -0.393 e. The molecule has 0 aromatic rings. The van der Waals surface area contributed by atoms with Crippen LogP contribution in [0.3, 0.4) is 0 Å². The van der Waals surface area contributed by atoms with Crippen LogP contribution in [-0.4, -0.2) is 11.2 Å². The van der Waals surface area contributed by atoms with Crippen molar-refractivity contribution in [3.63, 3.8) is 0 Å². The molecule has 7 atom stereocenters. The Bertz CT molecular complexity index is 723. The molecule has 0 radical (unpaired) electrons. The van der Waals surface area contributed by atoms with Crippen molar-refractivity contribution in [2.45, 2.75) is 119 Å². The summed E-state index contributed by atoms with van der Waals surface area (Å²) < 4.78 is 0. The van der Waals surface area contributed by atoms with E-state index in [0.717, 1.165) is 24.2 Å². The van der Waals surface area contributed by atoms with E-state index in [1.54, 1.807) is 0 Å². The normalized spacial score (nSPS) is 43.5. The fourth-order valence-electron chi connectivity index (χ4n) is 9.00. The molecule has 0 heterocycles. The highest BCUT2D eigenvalue weighted by Crippen LogP contribution is 2.68. The molecule has 0 saturated heterocycles. The van der Waals surface area contributed by atoms with Crippen LogP contribution in [0, 0.1) is 39.9 Å². The van der Waals surface area contributed by atoms with Gasteiger partial charge in [0.15, 0.2) is 0 Å². The summed E-state index contributed by atoms with van der Waals surface area (Å²) in [6.45, 7) is 16.9. The lowest BCUT2D eigenvalue weighted by Gasteiger charge is -2.60. The van der Waals surface area contributed by atoms with Crippen LogP contribution in [0.4, 0.5) is 0 Å². The lowest BCUT2D eigenvalue weighted by Crippen LogP contribution is -2.53. The van der Waals surface area contributed by atoms with Gasteiger partial charge < -0.3 is 5.11 Å². The number of rotatable bonds is 4. The van der Waals surface area contributed by atoms with Crippen molar-refractivity contribution in [3.8, 4) is 0 Å². The fraction of sp³-hybridized carbons (Fsp3) is 0.862. The molecular weight excluding hydrogens is 364 g/mol. The molecule has 4 aliphatic carbocycles. The minimum absolute atomic E-state index is 0.0565. The molecule has 4 aliphatic rings. The average Bonchev–Trinajstić information content (AvgIpc) is 3.02. The Kier molecular flexibility index (Phi) is 5.87. The van der Waals surface area contributed by atoms with E-state index in [-0.39, 0.29) is 11.5 Å². The Balaban J connectivity index is 1.59. The summed E-state index contributed by atoms with van der Waals surface area (Å²) in [7, 11) is 0. The van der Waals surface area contributed by atoms with Crippen molar-refractivity contribution in [1.29, 1.82) is 0 Å². The van der Waals surface area contributed by atoms with Gasteiger partial charge >= 0.3 is 0 Å². The summed E-state index contributed by atoms with van der Waals surface area (Å²) in [6.07, 6.45) is 15.3. The standard InChI is InChI=1S/C29H48O/c1-19(2)9-8-10-20(3)21-15-17-28(6)22(21)11-12-24-23(28)13-14-25-27(4,5)26(30)16-18-29(24,25)7/h9,20-22,25-26,30H,8,10-18H2,1-7H3/t20-,21-,22+,25-,26-,28-,29-/m0/s1. The summed E-state index contributed by atoms with van der Waals surface area (Å²) in [5.41, 5.74) is 6.06. The van der Waals surface area contributed by atoms with Gasteiger partial charge in [-0.15, -0.1) is 0 Å². The van der Waals surface area contributed by atoms with E-state index in [2.05, 4.69) is 54.5 Å². The van der Waals surface area contributed by atoms with E-state index < -0.39 is 0 Å². The van der Waals surface area contributed by atoms with Crippen LogP contribution in [0.1, 0.15) is 113 Å². The topological polar surface area (TPSA) is 20.2 Å². The molecule has 1 nitrogen and oxygen atoms in total. The Hall–Kier alpha value is -0.560. The van der Waals surface area contributed by atoms with Crippen molar-refractivity contribution < 1.29 is 5.11 Å². The zero-order valence-corrected chi connectivity index (χ0v) is 21.0. The number of allylic oxidation sites excluding steroid dienone is 4. The quantitative estimate of drug-likeness (QED) is 0.462. The minimum atomic E-state index is -0.123. The van der Waals surface area contributed by atoms with Crippen LogP contribution in [0.15, 0.2) is 22.8 Å². The Morgan fingerprint density at radius 2 is 1.60 bits per heavy atom. The van der Waals surface area contributed by atoms with Crippen molar-refractivity contribution >= 4 is 0 Å². The highest BCUT2D eigenvalue weighted by molar-refractivity contribution is 5.37. The molecule has 0 amide bonds. The molecular formula is C29H48O. The summed E-state index contributed by atoms with van der Waals surface area (Å²) in [4.78, 5) is 0. The lowest BCUT2D eigenvalue weighted by molar-refractivity contribution is -0.0931. The first kappa shape index (κ1) is 22.6. The molecule has 0 unspecified atom stereocenters. The molecule has 0 aromatic heterocycles. The van der Waals surface area contributed by atoms with E-state index >= 15 is 0 Å². The average molecular weight is 413 g/mol. The van der Waals surface area contributed by atoms with Gasteiger partial charge in [0.25, 0.3) is 0 Å². The molecule has 30 heavy (non-hydrogen) atoms. The third-order valence-electron chi connectivity index (χ3n) is 10.8. The van der Waals surface area contributed by atoms with Crippen molar-refractivity contribution in [2.75, 3.05) is 0 Å². The number of aliphatic hydroxyl groups is 1. The monoisotopic (exact) mass is 412 g/mol. The van der Waals surface area contributed by atoms with Crippen molar-refractivity contribution in [2.24, 2.45) is 39.9 Å². The summed E-state index contributed by atoms with van der Waals surface area (Å²) in [5.74, 6) is 3.32. The van der Waals surface area contributed by atoms with Crippen molar-refractivity contribution in [1.82, 2.24) is 0 Å². The van der Waals surface area contributed by atoms with Crippen molar-refractivity contribution in [3.05, 3.63) is 22.8 Å². The second kappa shape index (κ2) is 7.79. The van der Waals surface area contributed by atoms with Gasteiger partial charge in [-0.25, -0.2) is 0 Å². The third kappa shape index (κ3) is 3.37. The molecule has 2 fully saturated rings. The largest absolute Gasteiger partial charge is 0.393 e. The molecule has 1 N–H and O–H groups in total. The molecule has 170 valence electrons. The first-order valence-electron chi connectivity index (χ1n) is 13.1. The molecule has 4 rings (SSSR count). The molecule has 1 heteroatoms. The summed E-state index contributed by atoms with van der Waals surface area (Å²) in [6, 6.07) is 0. The van der Waals surface area contributed by atoms with Crippen LogP contribution in [0.5, 0.6) is 0 Å². The zero-order valence-electron chi connectivity index (χ0n) is 21.0. The number of hydrogen-bond donors (Lipinski definition) is 1. The maximum atomic E-state index is 10.8. The Labute approximate surface area is 186 Å². The summed E-state index contributed by atoms with van der Waals surface area (Å²) in [5, 5.41) is 10.8. The van der Waals surface area contributed by atoms with Gasteiger partial charge in [-0.3, -0.25) is 0 Å². The van der Waals surface area contributed by atoms with E-state index in [9.17, 15) is 5.11 Å². The first-order valence-corrected chi connectivity index (χ1v) is 13.1. The Morgan fingerprint density at radius 1 is 0.967 bits per heavy atom. The second-order valence-electron chi connectivity index (χ2n) is 12.9. The van der Waals surface area contributed by atoms with Gasteiger partial charge in [0.1, 0.15) is 0 Å². The van der Waals surface area contributed by atoms with E-state index in [1.807, 2.05) is 11.1 Å². The third-order valence-corrected chi connectivity index (χ3v) is 10.8. The molecule has 0 spiro atoms. The molecule has 2 saturated carbocycles. The zero-order chi connectivity index (χ0) is 21.9. The molecule has 0 aromatic carbocycles. The highest BCUT2D eigenvalue weighted by Gasteiger charge is 2.59. The number of aliphatic hydroxyl groups excluding tert-OH is 1. The lowest BCUT2D eigenvalue weighted by atomic mass is 9.45. The maximum Gasteiger partial charge on any atom is 0.0594 e. The van der Waals surface area contributed by atoms with Gasteiger partial charge in [-0.1, -0.05) is 57.4 Å². The molecule has 0 bridgehead atoms. The van der Waals surface area contributed by atoms with Crippen LogP contribution in [0.2, 0.25) is 0 Å². The number of hydrogen-bond acceptors (Lipinski definition) is 1. The smallest absolute Gasteiger partial charge is 0.0594 e. The first-order chi connectivity index (χ1) is 14.0. The molecule has 0 aliphatic heterocycles.